The molecule has 0 saturated heterocycles. The number of carbonyl (C=O) groups is 1. The van der Waals surface area contributed by atoms with Gasteiger partial charge in [-0.3, -0.25) is 4.79 Å². The van der Waals surface area contributed by atoms with Crippen LogP contribution in [0.4, 0.5) is 17.1 Å². The standard InChI is InChI=1S/C31H24N4OS/c1-3-34-24(17-26(23(18-32)19-33)25-7-5-6-8-27(25)34)12-9-21-10-13-28-30(15-21)37-31-16-22(20-36)11-14-29(31)35(28)4-2/h5-17,20H,3-4H2,1-2H3/b12-9+. The zero-order valence-electron chi connectivity index (χ0n) is 20.6. The Labute approximate surface area is 221 Å². The molecule has 0 bridgehead atoms. The fraction of sp³-hybridized carbons (Fsp3) is 0.129. The topological polar surface area (TPSA) is 71.1 Å². The Balaban J connectivity index is 1.53. The zero-order valence-corrected chi connectivity index (χ0v) is 21.4. The molecular formula is C31H24N4OS. The number of anilines is 3. The predicted octanol–water partition coefficient (Wildman–Crippen LogP) is 7.36. The van der Waals surface area contributed by atoms with Crippen LogP contribution >= 0.6 is 11.8 Å². The number of hydrogen-bond donors (Lipinski definition) is 0. The quantitative estimate of drug-likeness (QED) is 0.269. The zero-order chi connectivity index (χ0) is 25.9. The number of fused-ring (bicyclic) bond motifs is 3. The first kappa shape index (κ1) is 24.2. The highest BCUT2D eigenvalue weighted by atomic mass is 32.2. The van der Waals surface area contributed by atoms with E-state index in [4.69, 9.17) is 0 Å². The minimum atomic E-state index is 0.104. The van der Waals surface area contributed by atoms with E-state index in [0.29, 0.717) is 11.1 Å². The summed E-state index contributed by atoms with van der Waals surface area (Å²) in [6, 6.07) is 24.2. The number of hydrogen-bond acceptors (Lipinski definition) is 6. The average Bonchev–Trinajstić information content (AvgIpc) is 2.94. The fourth-order valence-electron chi connectivity index (χ4n) is 4.84. The van der Waals surface area contributed by atoms with E-state index in [0.717, 1.165) is 63.1 Å². The lowest BCUT2D eigenvalue weighted by molar-refractivity contribution is 0.112. The number of rotatable bonds is 5. The van der Waals surface area contributed by atoms with Gasteiger partial charge in [0.05, 0.1) is 11.4 Å². The molecule has 0 unspecified atom stereocenters. The van der Waals surface area contributed by atoms with Gasteiger partial charge in [-0.2, -0.15) is 10.5 Å². The second-order valence-electron chi connectivity index (χ2n) is 8.59. The molecule has 180 valence electrons. The molecule has 0 aromatic heterocycles. The van der Waals surface area contributed by atoms with Crippen LogP contribution in [0.25, 0.3) is 11.6 Å². The molecular weight excluding hydrogens is 476 g/mol. The van der Waals surface area contributed by atoms with Crippen molar-refractivity contribution in [2.24, 2.45) is 0 Å². The molecule has 0 fully saturated rings. The summed E-state index contributed by atoms with van der Waals surface area (Å²) in [4.78, 5) is 18.0. The number of para-hydroxylation sites is 1. The molecule has 2 aliphatic heterocycles. The lowest BCUT2D eigenvalue weighted by Gasteiger charge is -2.32. The Hall–Kier alpha value is -4.52. The van der Waals surface area contributed by atoms with Crippen LogP contribution in [0.15, 0.2) is 93.9 Å². The van der Waals surface area contributed by atoms with Crippen molar-refractivity contribution >= 4 is 46.8 Å². The van der Waals surface area contributed by atoms with Crippen LogP contribution in [0, 0.1) is 22.7 Å². The molecule has 0 saturated carbocycles. The number of carbonyl (C=O) groups excluding carboxylic acids is 1. The molecule has 3 aromatic carbocycles. The lowest BCUT2D eigenvalue weighted by Crippen LogP contribution is -2.25. The van der Waals surface area contributed by atoms with Gasteiger partial charge in [0.2, 0.25) is 0 Å². The van der Waals surface area contributed by atoms with Gasteiger partial charge in [0.1, 0.15) is 24.0 Å². The molecule has 0 atom stereocenters. The molecule has 2 heterocycles. The van der Waals surface area contributed by atoms with Gasteiger partial charge in [-0.25, -0.2) is 0 Å². The minimum Gasteiger partial charge on any atom is -0.341 e. The third-order valence-electron chi connectivity index (χ3n) is 6.57. The van der Waals surface area contributed by atoms with E-state index in [1.165, 1.54) is 0 Å². The second-order valence-corrected chi connectivity index (χ2v) is 9.68. The van der Waals surface area contributed by atoms with Crippen molar-refractivity contribution in [2.75, 3.05) is 22.9 Å². The lowest BCUT2D eigenvalue weighted by atomic mass is 9.93. The first-order valence-electron chi connectivity index (χ1n) is 12.1. The minimum absolute atomic E-state index is 0.104. The third-order valence-corrected chi connectivity index (χ3v) is 7.66. The number of benzene rings is 3. The van der Waals surface area contributed by atoms with Crippen molar-refractivity contribution in [3.8, 4) is 12.1 Å². The molecule has 0 aliphatic carbocycles. The number of nitrogens with zero attached hydrogens (tertiary/aromatic N) is 4. The summed E-state index contributed by atoms with van der Waals surface area (Å²) in [6.45, 7) is 5.78. The largest absolute Gasteiger partial charge is 0.341 e. The van der Waals surface area contributed by atoms with Crippen LogP contribution in [-0.4, -0.2) is 19.4 Å². The van der Waals surface area contributed by atoms with Crippen molar-refractivity contribution in [1.82, 2.24) is 0 Å². The Morgan fingerprint density at radius 2 is 1.49 bits per heavy atom. The van der Waals surface area contributed by atoms with Gasteiger partial charge in [0.15, 0.2) is 0 Å². The highest BCUT2D eigenvalue weighted by Gasteiger charge is 2.24. The van der Waals surface area contributed by atoms with Gasteiger partial charge < -0.3 is 9.80 Å². The van der Waals surface area contributed by atoms with E-state index >= 15 is 0 Å². The summed E-state index contributed by atoms with van der Waals surface area (Å²) in [6.07, 6.45) is 6.91. The van der Waals surface area contributed by atoms with Crippen LogP contribution in [0.1, 0.15) is 35.3 Å². The van der Waals surface area contributed by atoms with Crippen molar-refractivity contribution in [2.45, 2.75) is 23.6 Å². The molecule has 37 heavy (non-hydrogen) atoms. The smallest absolute Gasteiger partial charge is 0.150 e. The van der Waals surface area contributed by atoms with Crippen molar-refractivity contribution in [3.05, 3.63) is 101 Å². The van der Waals surface area contributed by atoms with E-state index in [-0.39, 0.29) is 5.57 Å². The summed E-state index contributed by atoms with van der Waals surface area (Å²) in [5, 5.41) is 19.1. The normalized spacial score (nSPS) is 13.7. The second kappa shape index (κ2) is 10.2. The number of likely N-dealkylation sites (N-methyl/N-ethyl adjacent to an activating group) is 1. The Morgan fingerprint density at radius 3 is 2.14 bits per heavy atom. The summed E-state index contributed by atoms with van der Waals surface area (Å²) in [5.74, 6) is 0. The maximum Gasteiger partial charge on any atom is 0.150 e. The summed E-state index contributed by atoms with van der Waals surface area (Å²) in [5.41, 5.74) is 7.51. The first-order valence-corrected chi connectivity index (χ1v) is 12.9. The molecule has 6 heteroatoms. The van der Waals surface area contributed by atoms with Gasteiger partial charge in [-0.1, -0.05) is 42.1 Å². The Kier molecular flexibility index (Phi) is 6.68. The first-order chi connectivity index (χ1) is 18.1. The average molecular weight is 501 g/mol. The van der Waals surface area contributed by atoms with Crippen LogP contribution in [0.2, 0.25) is 0 Å². The monoisotopic (exact) mass is 500 g/mol. The van der Waals surface area contributed by atoms with Crippen LogP contribution < -0.4 is 9.80 Å². The van der Waals surface area contributed by atoms with Crippen LogP contribution in [0.3, 0.4) is 0 Å². The van der Waals surface area contributed by atoms with Crippen LogP contribution in [0.5, 0.6) is 0 Å². The Bertz CT molecular complexity index is 1570. The van der Waals surface area contributed by atoms with E-state index in [2.05, 4.69) is 60.1 Å². The van der Waals surface area contributed by atoms with E-state index in [1.807, 2.05) is 54.6 Å². The Morgan fingerprint density at radius 1 is 0.838 bits per heavy atom. The summed E-state index contributed by atoms with van der Waals surface area (Å²) >= 11 is 1.67. The van der Waals surface area contributed by atoms with Gasteiger partial charge in [0.25, 0.3) is 0 Å². The summed E-state index contributed by atoms with van der Waals surface area (Å²) < 4.78 is 0. The number of nitriles is 2. The number of aldehydes is 1. The predicted molar refractivity (Wildman–Crippen MR) is 150 cm³/mol. The molecule has 3 aromatic rings. The maximum absolute atomic E-state index is 11.3. The van der Waals surface area contributed by atoms with Gasteiger partial charge in [0, 0.05) is 51.0 Å². The van der Waals surface area contributed by atoms with E-state index in [1.54, 1.807) is 11.8 Å². The van der Waals surface area contributed by atoms with Crippen molar-refractivity contribution in [3.63, 3.8) is 0 Å². The maximum atomic E-state index is 11.3. The molecule has 0 N–H and O–H groups in total. The third kappa shape index (κ3) is 4.33. The molecule has 5 rings (SSSR count). The van der Waals surface area contributed by atoms with Gasteiger partial charge >= 0.3 is 0 Å². The van der Waals surface area contributed by atoms with Crippen molar-refractivity contribution in [1.29, 1.82) is 10.5 Å². The summed E-state index contributed by atoms with van der Waals surface area (Å²) in [7, 11) is 0. The SMILES string of the molecule is CCN1C(/C=C/c2ccc3c(c2)Sc2cc(C=O)ccc2N3CC)=CC(=C(C#N)C#N)c2ccccc21. The highest BCUT2D eigenvalue weighted by molar-refractivity contribution is 7.99. The molecule has 0 radical (unpaired) electrons. The van der Waals surface area contributed by atoms with Gasteiger partial charge in [-0.05, 0) is 68.0 Å². The molecule has 0 spiro atoms. The van der Waals surface area contributed by atoms with Crippen LogP contribution in [-0.2, 0) is 0 Å². The fourth-order valence-corrected chi connectivity index (χ4v) is 6.03. The van der Waals surface area contributed by atoms with E-state index < -0.39 is 0 Å². The molecule has 5 nitrogen and oxygen atoms in total. The molecule has 0 amide bonds. The van der Waals surface area contributed by atoms with Gasteiger partial charge in [-0.15, -0.1) is 0 Å². The van der Waals surface area contributed by atoms with Crippen molar-refractivity contribution < 1.29 is 4.79 Å². The highest BCUT2D eigenvalue weighted by Crippen LogP contribution is 2.48. The molecule has 2 aliphatic rings. The number of allylic oxidation sites excluding steroid dienone is 4. The van der Waals surface area contributed by atoms with E-state index in [9.17, 15) is 15.3 Å².